The van der Waals surface area contributed by atoms with Crippen molar-refractivity contribution in [3.05, 3.63) is 75.5 Å². The van der Waals surface area contributed by atoms with E-state index in [1.165, 1.54) is 12.1 Å². The molecule has 0 spiro atoms. The van der Waals surface area contributed by atoms with Crippen LogP contribution in [-0.2, 0) is 19.6 Å². The summed E-state index contributed by atoms with van der Waals surface area (Å²) in [5.41, 5.74) is 1.50. The summed E-state index contributed by atoms with van der Waals surface area (Å²) in [5.74, 6) is -0.777. The highest BCUT2D eigenvalue weighted by molar-refractivity contribution is 7.09. The number of nitrogens with zero attached hydrogens (tertiary/aromatic N) is 3. The molecule has 2 aromatic heterocycles. The number of amides is 2. The van der Waals surface area contributed by atoms with Gasteiger partial charge in [-0.25, -0.2) is 4.39 Å². The summed E-state index contributed by atoms with van der Waals surface area (Å²) in [5, 5.41) is 9.11. The van der Waals surface area contributed by atoms with Crippen LogP contribution in [0.4, 0.5) is 4.39 Å². The van der Waals surface area contributed by atoms with Crippen molar-refractivity contribution in [2.45, 2.75) is 26.1 Å². The predicted octanol–water partition coefficient (Wildman–Crippen LogP) is 3.06. The number of benzene rings is 1. The smallest absolute Gasteiger partial charge is 0.272 e. The lowest BCUT2D eigenvalue weighted by molar-refractivity contribution is 0.0745. The maximum absolute atomic E-state index is 13.1. The molecule has 0 atom stereocenters. The van der Waals surface area contributed by atoms with Crippen LogP contribution in [0.15, 0.2) is 47.8 Å². The number of hydrogen-bond donors (Lipinski definition) is 1. The minimum atomic E-state index is -0.303. The summed E-state index contributed by atoms with van der Waals surface area (Å²) in [6.07, 6.45) is 0.734. The maximum atomic E-state index is 13.1. The molecule has 28 heavy (non-hydrogen) atoms. The molecule has 8 heteroatoms. The molecule has 2 amide bonds. The first-order chi connectivity index (χ1) is 13.6. The first-order valence-corrected chi connectivity index (χ1v) is 9.90. The second kappa shape index (κ2) is 7.93. The Hall–Kier alpha value is -3.00. The zero-order chi connectivity index (χ0) is 19.5. The van der Waals surface area contributed by atoms with Crippen LogP contribution < -0.4 is 5.32 Å². The van der Waals surface area contributed by atoms with E-state index in [1.807, 2.05) is 17.5 Å². The average molecular weight is 398 g/mol. The van der Waals surface area contributed by atoms with Crippen LogP contribution in [0.1, 0.15) is 37.8 Å². The molecule has 0 bridgehead atoms. The second-order valence-corrected chi connectivity index (χ2v) is 7.64. The van der Waals surface area contributed by atoms with Crippen LogP contribution in [0.5, 0.6) is 0 Å². The van der Waals surface area contributed by atoms with Gasteiger partial charge in [0, 0.05) is 30.6 Å². The molecule has 1 aliphatic heterocycles. The van der Waals surface area contributed by atoms with E-state index in [-0.39, 0.29) is 23.3 Å². The number of thiophene rings is 1. The van der Waals surface area contributed by atoms with Crippen molar-refractivity contribution < 1.29 is 14.0 Å². The molecule has 144 valence electrons. The molecule has 1 N–H and O–H groups in total. The Morgan fingerprint density at radius 3 is 2.79 bits per heavy atom. The molecule has 0 aliphatic carbocycles. The number of halogens is 1. The highest BCUT2D eigenvalue weighted by Gasteiger charge is 2.26. The van der Waals surface area contributed by atoms with E-state index >= 15 is 0 Å². The normalized spacial score (nSPS) is 13.9. The molecular formula is C20H19FN4O2S. The van der Waals surface area contributed by atoms with E-state index in [9.17, 15) is 14.0 Å². The Morgan fingerprint density at radius 2 is 2.04 bits per heavy atom. The van der Waals surface area contributed by atoms with Crippen LogP contribution >= 0.6 is 11.3 Å². The lowest BCUT2D eigenvalue weighted by Crippen LogP contribution is -2.30. The van der Waals surface area contributed by atoms with Gasteiger partial charge in [-0.3, -0.25) is 14.3 Å². The summed E-state index contributed by atoms with van der Waals surface area (Å²) in [7, 11) is 0. The van der Waals surface area contributed by atoms with E-state index in [1.54, 1.807) is 39.1 Å². The van der Waals surface area contributed by atoms with Gasteiger partial charge in [-0.1, -0.05) is 18.2 Å². The minimum absolute atomic E-state index is 0.174. The van der Waals surface area contributed by atoms with E-state index in [2.05, 4.69) is 10.4 Å². The number of carbonyl (C=O) groups is 2. The molecule has 0 fully saturated rings. The van der Waals surface area contributed by atoms with Crippen LogP contribution in [-0.4, -0.2) is 33.0 Å². The lowest BCUT2D eigenvalue weighted by Gasteiger charge is -2.20. The zero-order valence-corrected chi connectivity index (χ0v) is 15.9. The lowest BCUT2D eigenvalue weighted by atomic mass is 10.2. The molecule has 0 unspecified atom stereocenters. The van der Waals surface area contributed by atoms with E-state index in [4.69, 9.17) is 0 Å². The summed E-state index contributed by atoms with van der Waals surface area (Å²) >= 11 is 1.57. The quantitative estimate of drug-likeness (QED) is 0.718. The van der Waals surface area contributed by atoms with Crippen molar-refractivity contribution in [1.29, 1.82) is 0 Å². The van der Waals surface area contributed by atoms with Crippen LogP contribution in [0.2, 0.25) is 0 Å². The van der Waals surface area contributed by atoms with E-state index in [0.29, 0.717) is 31.9 Å². The number of rotatable bonds is 5. The minimum Gasteiger partial charge on any atom is -0.346 e. The molecule has 3 heterocycles. The van der Waals surface area contributed by atoms with Crippen LogP contribution in [0, 0.1) is 5.82 Å². The fourth-order valence-electron chi connectivity index (χ4n) is 3.18. The average Bonchev–Trinajstić information content (AvgIpc) is 3.34. The molecule has 1 aliphatic rings. The highest BCUT2D eigenvalue weighted by Crippen LogP contribution is 2.17. The molecule has 4 rings (SSSR count). The van der Waals surface area contributed by atoms with E-state index in [0.717, 1.165) is 16.9 Å². The standard InChI is InChI=1S/C20H19FN4O2S/c21-15-6-4-14(5-7-15)13-24-8-2-9-25-18(20(24)27)11-17(23-25)19(26)22-12-16-3-1-10-28-16/h1,3-7,10-11H,2,8-9,12-13H2,(H,22,26). The summed E-state index contributed by atoms with van der Waals surface area (Å²) < 4.78 is 14.7. The molecule has 1 aromatic carbocycles. The van der Waals surface area contributed by atoms with Gasteiger partial charge in [0.15, 0.2) is 5.69 Å². The first-order valence-electron chi connectivity index (χ1n) is 9.02. The number of carbonyl (C=O) groups excluding carboxylic acids is 2. The Kier molecular flexibility index (Phi) is 5.21. The fraction of sp³-hybridized carbons (Fsp3) is 0.250. The second-order valence-electron chi connectivity index (χ2n) is 6.61. The van der Waals surface area contributed by atoms with Gasteiger partial charge in [-0.15, -0.1) is 11.3 Å². The highest BCUT2D eigenvalue weighted by atomic mass is 32.1. The third kappa shape index (κ3) is 3.96. The van der Waals surface area contributed by atoms with Gasteiger partial charge in [0.1, 0.15) is 11.5 Å². The van der Waals surface area contributed by atoms with Gasteiger partial charge < -0.3 is 10.2 Å². The molecule has 3 aromatic rings. The largest absolute Gasteiger partial charge is 0.346 e. The summed E-state index contributed by atoms with van der Waals surface area (Å²) in [6, 6.07) is 11.6. The molecule has 0 radical (unpaired) electrons. The Labute approximate surface area is 165 Å². The van der Waals surface area contributed by atoms with Crippen molar-refractivity contribution in [1.82, 2.24) is 20.0 Å². The molecule has 6 nitrogen and oxygen atoms in total. The third-order valence-electron chi connectivity index (χ3n) is 4.61. The molecule has 0 saturated heterocycles. The van der Waals surface area contributed by atoms with Crippen LogP contribution in [0.3, 0.4) is 0 Å². The van der Waals surface area contributed by atoms with Gasteiger partial charge in [0.05, 0.1) is 6.54 Å². The number of aromatic nitrogens is 2. The van der Waals surface area contributed by atoms with Gasteiger partial charge in [-0.05, 0) is 35.6 Å². The van der Waals surface area contributed by atoms with Crippen molar-refractivity contribution >= 4 is 23.2 Å². The summed E-state index contributed by atoms with van der Waals surface area (Å²) in [6.45, 7) is 1.98. The predicted molar refractivity (Wildman–Crippen MR) is 103 cm³/mol. The Bertz CT molecular complexity index is 982. The topological polar surface area (TPSA) is 67.2 Å². The monoisotopic (exact) mass is 398 g/mol. The number of fused-ring (bicyclic) bond motifs is 1. The number of hydrogen-bond acceptors (Lipinski definition) is 4. The first kappa shape index (κ1) is 18.4. The fourth-order valence-corrected chi connectivity index (χ4v) is 3.82. The van der Waals surface area contributed by atoms with Gasteiger partial charge >= 0.3 is 0 Å². The SMILES string of the molecule is O=C(NCc1cccs1)c1cc2n(n1)CCCN(Cc1ccc(F)cc1)C2=O. The van der Waals surface area contributed by atoms with Crippen molar-refractivity contribution in [2.24, 2.45) is 0 Å². The number of nitrogens with one attached hydrogen (secondary N) is 1. The maximum Gasteiger partial charge on any atom is 0.272 e. The van der Waals surface area contributed by atoms with Gasteiger partial charge in [0.25, 0.3) is 11.8 Å². The van der Waals surface area contributed by atoms with E-state index < -0.39 is 0 Å². The summed E-state index contributed by atoms with van der Waals surface area (Å²) in [4.78, 5) is 28.1. The van der Waals surface area contributed by atoms with Crippen molar-refractivity contribution in [3.8, 4) is 0 Å². The zero-order valence-electron chi connectivity index (χ0n) is 15.1. The Balaban J connectivity index is 1.48. The Morgan fingerprint density at radius 1 is 1.21 bits per heavy atom. The third-order valence-corrected chi connectivity index (χ3v) is 5.48. The number of aryl methyl sites for hydroxylation is 1. The van der Waals surface area contributed by atoms with Crippen molar-refractivity contribution in [3.63, 3.8) is 0 Å². The van der Waals surface area contributed by atoms with Gasteiger partial charge in [0.2, 0.25) is 0 Å². The molecular weight excluding hydrogens is 379 g/mol. The van der Waals surface area contributed by atoms with Crippen LogP contribution in [0.25, 0.3) is 0 Å². The molecule has 0 saturated carbocycles. The van der Waals surface area contributed by atoms with Gasteiger partial charge in [-0.2, -0.15) is 5.10 Å². The van der Waals surface area contributed by atoms with Crippen molar-refractivity contribution in [2.75, 3.05) is 6.54 Å².